The van der Waals surface area contributed by atoms with Crippen LogP contribution in [0, 0.1) is 20.8 Å². The highest BCUT2D eigenvalue weighted by Crippen LogP contribution is 2.25. The molecule has 162 valence electrons. The van der Waals surface area contributed by atoms with E-state index < -0.39 is 0 Å². The van der Waals surface area contributed by atoms with Crippen molar-refractivity contribution in [2.75, 3.05) is 38.0 Å². The Kier molecular flexibility index (Phi) is 6.20. The molecule has 31 heavy (non-hydrogen) atoms. The van der Waals surface area contributed by atoms with Crippen molar-refractivity contribution >= 4 is 28.3 Å². The smallest absolute Gasteiger partial charge is 0.257 e. The van der Waals surface area contributed by atoms with Crippen LogP contribution in [0.1, 0.15) is 27.4 Å². The fourth-order valence-electron chi connectivity index (χ4n) is 3.67. The maximum atomic E-state index is 12.7. The molecule has 4 rings (SSSR count). The van der Waals surface area contributed by atoms with Crippen molar-refractivity contribution in [2.45, 2.75) is 20.8 Å². The van der Waals surface area contributed by atoms with Crippen LogP contribution in [-0.2, 0) is 4.79 Å². The highest BCUT2D eigenvalue weighted by molar-refractivity contribution is 7.14. The Morgan fingerprint density at radius 1 is 1.10 bits per heavy atom. The van der Waals surface area contributed by atoms with Gasteiger partial charge in [-0.3, -0.25) is 14.5 Å². The molecule has 1 aliphatic heterocycles. The second kappa shape index (κ2) is 9.03. The molecule has 0 unspecified atom stereocenters. The number of anilines is 1. The van der Waals surface area contributed by atoms with Gasteiger partial charge in [-0.2, -0.15) is 0 Å². The number of thiazole rings is 1. The van der Waals surface area contributed by atoms with E-state index in [1.54, 1.807) is 6.07 Å². The Bertz CT molecular complexity index is 1080. The first-order chi connectivity index (χ1) is 14.9. The van der Waals surface area contributed by atoms with E-state index in [9.17, 15) is 9.59 Å². The number of furan rings is 1. The Hall–Kier alpha value is -2.97. The van der Waals surface area contributed by atoms with Crippen molar-refractivity contribution in [1.29, 1.82) is 0 Å². The van der Waals surface area contributed by atoms with Gasteiger partial charge in [0.2, 0.25) is 5.91 Å². The summed E-state index contributed by atoms with van der Waals surface area (Å²) in [7, 11) is 0. The highest BCUT2D eigenvalue weighted by Gasteiger charge is 2.25. The SMILES string of the molecule is Cc1ccc(-c2csc(NC(=O)CN3CCN(C(=O)c4cc(C)oc4C)CC3)n2)cc1. The second-order valence-corrected chi connectivity index (χ2v) is 8.71. The minimum Gasteiger partial charge on any atom is -0.466 e. The number of carbonyl (C=O) groups excluding carboxylic acids is 2. The predicted octanol–water partition coefficient (Wildman–Crippen LogP) is 3.72. The lowest BCUT2D eigenvalue weighted by molar-refractivity contribution is -0.117. The molecular formula is C23H26N4O3S. The lowest BCUT2D eigenvalue weighted by Crippen LogP contribution is -2.50. The molecule has 0 spiro atoms. The summed E-state index contributed by atoms with van der Waals surface area (Å²) < 4.78 is 5.48. The van der Waals surface area contributed by atoms with E-state index in [-0.39, 0.29) is 18.4 Å². The summed E-state index contributed by atoms with van der Waals surface area (Å²) in [6.45, 7) is 8.46. The first-order valence-corrected chi connectivity index (χ1v) is 11.2. The quantitative estimate of drug-likeness (QED) is 0.657. The van der Waals surface area contributed by atoms with Gasteiger partial charge < -0.3 is 14.6 Å². The number of piperazine rings is 1. The van der Waals surface area contributed by atoms with Crippen LogP contribution in [0.15, 0.2) is 40.1 Å². The molecule has 2 amide bonds. The second-order valence-electron chi connectivity index (χ2n) is 7.85. The van der Waals surface area contributed by atoms with Gasteiger partial charge in [0.25, 0.3) is 5.91 Å². The molecule has 0 atom stereocenters. The molecule has 0 bridgehead atoms. The molecule has 7 nitrogen and oxygen atoms in total. The van der Waals surface area contributed by atoms with Gasteiger partial charge in [0.05, 0.1) is 17.8 Å². The van der Waals surface area contributed by atoms with Crippen LogP contribution >= 0.6 is 11.3 Å². The number of nitrogens with one attached hydrogen (secondary N) is 1. The average molecular weight is 439 g/mol. The molecule has 1 aromatic carbocycles. The third kappa shape index (κ3) is 5.03. The van der Waals surface area contributed by atoms with Gasteiger partial charge in [-0.15, -0.1) is 11.3 Å². The van der Waals surface area contributed by atoms with Gasteiger partial charge in [0.1, 0.15) is 11.5 Å². The molecule has 1 N–H and O–H groups in total. The fraction of sp³-hybridized carbons (Fsp3) is 0.348. The number of carbonyl (C=O) groups is 2. The molecule has 0 saturated carbocycles. The standard InChI is InChI=1S/C23H26N4O3S/c1-15-4-6-18(7-5-15)20-14-31-23(24-20)25-21(28)13-26-8-10-27(11-9-26)22(29)19-12-16(2)30-17(19)3/h4-7,12,14H,8-11,13H2,1-3H3,(H,24,25,28). The van der Waals surface area contributed by atoms with Crippen LogP contribution < -0.4 is 5.32 Å². The Morgan fingerprint density at radius 2 is 1.81 bits per heavy atom. The fourth-order valence-corrected chi connectivity index (χ4v) is 4.41. The number of amides is 2. The lowest BCUT2D eigenvalue weighted by atomic mass is 10.1. The molecule has 0 radical (unpaired) electrons. The molecule has 0 aliphatic carbocycles. The zero-order valence-corrected chi connectivity index (χ0v) is 18.8. The summed E-state index contributed by atoms with van der Waals surface area (Å²) in [6, 6.07) is 9.95. The third-order valence-corrected chi connectivity index (χ3v) is 6.15. The molecule has 3 heterocycles. The van der Waals surface area contributed by atoms with Crippen molar-refractivity contribution in [3.8, 4) is 11.3 Å². The molecule has 1 fully saturated rings. The summed E-state index contributed by atoms with van der Waals surface area (Å²) in [6.07, 6.45) is 0. The average Bonchev–Trinajstić information content (AvgIpc) is 3.34. The Morgan fingerprint density at radius 3 is 2.45 bits per heavy atom. The topological polar surface area (TPSA) is 78.7 Å². The summed E-state index contributed by atoms with van der Waals surface area (Å²) in [5, 5.41) is 5.44. The predicted molar refractivity (Wildman–Crippen MR) is 121 cm³/mol. The summed E-state index contributed by atoms with van der Waals surface area (Å²) in [5.41, 5.74) is 3.71. The maximum Gasteiger partial charge on any atom is 0.257 e. The van der Waals surface area contributed by atoms with Crippen molar-refractivity contribution in [2.24, 2.45) is 0 Å². The third-order valence-electron chi connectivity index (χ3n) is 5.40. The van der Waals surface area contributed by atoms with Crippen LogP contribution in [0.3, 0.4) is 0 Å². The van der Waals surface area contributed by atoms with Gasteiger partial charge in [-0.25, -0.2) is 4.98 Å². The number of aromatic nitrogens is 1. The van der Waals surface area contributed by atoms with Crippen LogP contribution in [0.4, 0.5) is 5.13 Å². The normalized spacial score (nSPS) is 14.6. The van der Waals surface area contributed by atoms with Crippen LogP contribution in [-0.4, -0.2) is 59.3 Å². The molecule has 1 saturated heterocycles. The maximum absolute atomic E-state index is 12.7. The first kappa shape index (κ1) is 21.3. The van der Waals surface area contributed by atoms with Crippen molar-refractivity contribution < 1.29 is 14.0 Å². The number of benzene rings is 1. The van der Waals surface area contributed by atoms with Gasteiger partial charge in [-0.1, -0.05) is 29.8 Å². The van der Waals surface area contributed by atoms with E-state index in [0.29, 0.717) is 42.6 Å². The van der Waals surface area contributed by atoms with Crippen LogP contribution in [0.5, 0.6) is 0 Å². The monoisotopic (exact) mass is 438 g/mol. The minimum atomic E-state index is -0.0918. The summed E-state index contributed by atoms with van der Waals surface area (Å²) in [4.78, 5) is 33.6. The van der Waals surface area contributed by atoms with Crippen LogP contribution in [0.25, 0.3) is 11.3 Å². The molecule has 3 aromatic rings. The van der Waals surface area contributed by atoms with Gasteiger partial charge in [-0.05, 0) is 26.8 Å². The van der Waals surface area contributed by atoms with E-state index in [1.165, 1.54) is 16.9 Å². The zero-order chi connectivity index (χ0) is 22.0. The molecule has 8 heteroatoms. The van der Waals surface area contributed by atoms with E-state index >= 15 is 0 Å². The van der Waals surface area contributed by atoms with Gasteiger partial charge in [0.15, 0.2) is 5.13 Å². The van der Waals surface area contributed by atoms with Gasteiger partial charge >= 0.3 is 0 Å². The molecular weight excluding hydrogens is 412 g/mol. The Balaban J connectivity index is 1.27. The number of hydrogen-bond donors (Lipinski definition) is 1. The van der Waals surface area contributed by atoms with Crippen molar-refractivity contribution in [3.05, 3.63) is 58.4 Å². The summed E-state index contributed by atoms with van der Waals surface area (Å²) in [5.74, 6) is 1.29. The largest absolute Gasteiger partial charge is 0.466 e. The highest BCUT2D eigenvalue weighted by atomic mass is 32.1. The van der Waals surface area contributed by atoms with Crippen molar-refractivity contribution in [3.63, 3.8) is 0 Å². The Labute approximate surface area is 185 Å². The summed E-state index contributed by atoms with van der Waals surface area (Å²) >= 11 is 1.42. The van der Waals surface area contributed by atoms with E-state index in [2.05, 4.69) is 15.2 Å². The van der Waals surface area contributed by atoms with Crippen LogP contribution in [0.2, 0.25) is 0 Å². The molecule has 2 aromatic heterocycles. The molecule has 1 aliphatic rings. The number of rotatable bonds is 5. The van der Waals surface area contributed by atoms with Gasteiger partial charge in [0, 0.05) is 37.1 Å². The van der Waals surface area contributed by atoms with Crippen molar-refractivity contribution in [1.82, 2.24) is 14.8 Å². The van der Waals surface area contributed by atoms with E-state index in [4.69, 9.17) is 4.42 Å². The zero-order valence-electron chi connectivity index (χ0n) is 18.0. The van der Waals surface area contributed by atoms with E-state index in [0.717, 1.165) is 17.0 Å². The lowest BCUT2D eigenvalue weighted by Gasteiger charge is -2.34. The number of aryl methyl sites for hydroxylation is 3. The number of nitrogens with zero attached hydrogens (tertiary/aromatic N) is 3. The minimum absolute atomic E-state index is 0.00938. The van der Waals surface area contributed by atoms with E-state index in [1.807, 2.05) is 55.3 Å². The first-order valence-electron chi connectivity index (χ1n) is 10.3. The number of hydrogen-bond acceptors (Lipinski definition) is 6.